The average molecular weight is 256 g/mol. The maximum Gasteiger partial charge on any atom is 0.229 e. The van der Waals surface area contributed by atoms with Crippen molar-refractivity contribution in [1.82, 2.24) is 0 Å². The molecule has 1 aromatic carbocycles. The summed E-state index contributed by atoms with van der Waals surface area (Å²) in [6.07, 6.45) is 1.11. The highest BCUT2D eigenvalue weighted by Gasteiger charge is 2.02. The number of sulfonamides is 1. The molecule has 5 nitrogen and oxygen atoms in total. The van der Waals surface area contributed by atoms with Crippen molar-refractivity contribution in [3.05, 3.63) is 29.8 Å². The number of nitrogens with one attached hydrogen (secondary N) is 1. The van der Waals surface area contributed by atoms with E-state index in [1.54, 1.807) is 24.3 Å². The van der Waals surface area contributed by atoms with Crippen LogP contribution in [-0.2, 0) is 14.9 Å². The van der Waals surface area contributed by atoms with Crippen molar-refractivity contribution in [1.29, 1.82) is 0 Å². The summed E-state index contributed by atoms with van der Waals surface area (Å²) >= 11 is 0. The van der Waals surface area contributed by atoms with E-state index in [2.05, 4.69) is 9.88 Å². The molecule has 0 aromatic heterocycles. The predicted octanol–water partition coefficient (Wildman–Crippen LogP) is 1.82. The number of benzene rings is 1. The van der Waals surface area contributed by atoms with Crippen LogP contribution in [-0.4, -0.2) is 27.0 Å². The number of nitrogens with zero attached hydrogens (tertiary/aromatic N) is 1. The first-order chi connectivity index (χ1) is 7.92. The second-order valence-electron chi connectivity index (χ2n) is 3.55. The van der Waals surface area contributed by atoms with Gasteiger partial charge in [0, 0.05) is 5.69 Å². The van der Waals surface area contributed by atoms with Crippen molar-refractivity contribution in [2.75, 3.05) is 17.6 Å². The van der Waals surface area contributed by atoms with Gasteiger partial charge in [-0.1, -0.05) is 17.3 Å². The van der Waals surface area contributed by atoms with Crippen LogP contribution in [0.15, 0.2) is 29.4 Å². The molecule has 0 radical (unpaired) electrons. The van der Waals surface area contributed by atoms with E-state index in [-0.39, 0.29) is 0 Å². The van der Waals surface area contributed by atoms with E-state index < -0.39 is 10.0 Å². The van der Waals surface area contributed by atoms with Crippen LogP contribution in [0.2, 0.25) is 0 Å². The summed E-state index contributed by atoms with van der Waals surface area (Å²) in [6.45, 7) is 4.20. The minimum Gasteiger partial charge on any atom is -0.396 e. The maximum atomic E-state index is 11.0. The number of anilines is 1. The molecule has 94 valence electrons. The van der Waals surface area contributed by atoms with Gasteiger partial charge in [0.15, 0.2) is 0 Å². The third-order valence-corrected chi connectivity index (χ3v) is 2.54. The van der Waals surface area contributed by atoms with Crippen LogP contribution in [0.1, 0.15) is 19.4 Å². The molecule has 0 aliphatic carbocycles. The van der Waals surface area contributed by atoms with Gasteiger partial charge in [-0.25, -0.2) is 8.42 Å². The smallest absolute Gasteiger partial charge is 0.229 e. The molecule has 0 fully saturated rings. The van der Waals surface area contributed by atoms with Crippen LogP contribution >= 0.6 is 0 Å². The summed E-state index contributed by atoms with van der Waals surface area (Å²) < 4.78 is 24.4. The zero-order valence-corrected chi connectivity index (χ0v) is 10.9. The minimum atomic E-state index is -3.23. The quantitative estimate of drug-likeness (QED) is 0.645. The Balaban J connectivity index is 2.81. The highest BCUT2D eigenvalue weighted by Crippen LogP contribution is 2.11. The van der Waals surface area contributed by atoms with Crippen molar-refractivity contribution < 1.29 is 13.3 Å². The van der Waals surface area contributed by atoms with E-state index >= 15 is 0 Å². The molecule has 0 spiro atoms. The van der Waals surface area contributed by atoms with Crippen LogP contribution in [0.5, 0.6) is 0 Å². The van der Waals surface area contributed by atoms with Crippen molar-refractivity contribution in [3.63, 3.8) is 0 Å². The summed E-state index contributed by atoms with van der Waals surface area (Å²) in [5, 5.41) is 3.90. The van der Waals surface area contributed by atoms with Crippen molar-refractivity contribution in [3.8, 4) is 0 Å². The predicted molar refractivity (Wildman–Crippen MR) is 68.7 cm³/mol. The largest absolute Gasteiger partial charge is 0.396 e. The van der Waals surface area contributed by atoms with Gasteiger partial charge >= 0.3 is 0 Å². The fraction of sp³-hybridized carbons (Fsp3) is 0.364. The molecule has 0 heterocycles. The fourth-order valence-electron chi connectivity index (χ4n) is 1.21. The summed E-state index contributed by atoms with van der Waals surface area (Å²) in [4.78, 5) is 4.94. The summed E-state index contributed by atoms with van der Waals surface area (Å²) in [5.41, 5.74) is 2.16. The Morgan fingerprint density at radius 2 is 1.94 bits per heavy atom. The molecular formula is C11H16N2O3S. The highest BCUT2D eigenvalue weighted by atomic mass is 32.2. The molecular weight excluding hydrogens is 240 g/mol. The zero-order valence-electron chi connectivity index (χ0n) is 10.1. The lowest BCUT2D eigenvalue weighted by molar-refractivity contribution is 0.159. The topological polar surface area (TPSA) is 67.8 Å². The number of hydrogen-bond acceptors (Lipinski definition) is 4. The second-order valence-corrected chi connectivity index (χ2v) is 5.29. The highest BCUT2D eigenvalue weighted by molar-refractivity contribution is 7.92. The standard InChI is InChI=1S/C11H16N2O3S/c1-4-16-12-9(2)10-5-7-11(8-6-10)13-17(3,14)15/h5-8,13H,4H2,1-3H3/b12-9+. The van der Waals surface area contributed by atoms with E-state index in [0.29, 0.717) is 12.3 Å². The molecule has 0 amide bonds. The Morgan fingerprint density at radius 3 is 2.41 bits per heavy atom. The molecule has 17 heavy (non-hydrogen) atoms. The first-order valence-electron chi connectivity index (χ1n) is 5.17. The van der Waals surface area contributed by atoms with E-state index in [1.165, 1.54) is 0 Å². The Bertz CT molecular complexity index is 492. The molecule has 1 aromatic rings. The van der Waals surface area contributed by atoms with Crippen molar-refractivity contribution >= 4 is 21.4 Å². The van der Waals surface area contributed by atoms with Crippen LogP contribution in [0, 0.1) is 0 Å². The third-order valence-electron chi connectivity index (χ3n) is 1.94. The van der Waals surface area contributed by atoms with Gasteiger partial charge in [0.25, 0.3) is 0 Å². The van der Waals surface area contributed by atoms with Gasteiger partial charge in [0.1, 0.15) is 6.61 Å². The van der Waals surface area contributed by atoms with Gasteiger partial charge in [0.2, 0.25) is 10.0 Å². The van der Waals surface area contributed by atoms with Gasteiger partial charge in [-0.15, -0.1) is 0 Å². The van der Waals surface area contributed by atoms with Crippen LogP contribution in [0.4, 0.5) is 5.69 Å². The number of oxime groups is 1. The first-order valence-corrected chi connectivity index (χ1v) is 7.06. The average Bonchev–Trinajstić information content (AvgIpc) is 2.24. The second kappa shape index (κ2) is 5.67. The molecule has 0 saturated heterocycles. The van der Waals surface area contributed by atoms with Crippen LogP contribution in [0.3, 0.4) is 0 Å². The molecule has 0 aliphatic heterocycles. The molecule has 0 aliphatic rings. The number of rotatable bonds is 5. The van der Waals surface area contributed by atoms with E-state index in [0.717, 1.165) is 17.5 Å². The van der Waals surface area contributed by atoms with Gasteiger partial charge in [0.05, 0.1) is 12.0 Å². The van der Waals surface area contributed by atoms with Gasteiger partial charge in [-0.3, -0.25) is 4.72 Å². The van der Waals surface area contributed by atoms with E-state index in [1.807, 2.05) is 13.8 Å². The molecule has 6 heteroatoms. The van der Waals surface area contributed by atoms with Gasteiger partial charge in [-0.2, -0.15) is 0 Å². The van der Waals surface area contributed by atoms with E-state index in [9.17, 15) is 8.42 Å². The Labute approximate surface area is 102 Å². The lowest BCUT2D eigenvalue weighted by Gasteiger charge is -2.05. The van der Waals surface area contributed by atoms with Gasteiger partial charge < -0.3 is 4.84 Å². The van der Waals surface area contributed by atoms with Crippen LogP contribution in [0.25, 0.3) is 0 Å². The summed E-state index contributed by atoms with van der Waals surface area (Å²) in [7, 11) is -3.23. The van der Waals surface area contributed by atoms with Crippen molar-refractivity contribution in [2.24, 2.45) is 5.16 Å². The van der Waals surface area contributed by atoms with Gasteiger partial charge in [-0.05, 0) is 31.5 Å². The number of hydrogen-bond donors (Lipinski definition) is 1. The molecule has 1 N–H and O–H groups in total. The Hall–Kier alpha value is -1.56. The third kappa shape index (κ3) is 4.86. The molecule has 0 saturated carbocycles. The molecule has 0 unspecified atom stereocenters. The fourth-order valence-corrected chi connectivity index (χ4v) is 1.77. The van der Waals surface area contributed by atoms with Crippen molar-refractivity contribution in [2.45, 2.75) is 13.8 Å². The lowest BCUT2D eigenvalue weighted by atomic mass is 10.1. The normalized spacial score (nSPS) is 12.3. The molecule has 0 atom stereocenters. The Morgan fingerprint density at radius 1 is 1.35 bits per heavy atom. The molecule has 1 rings (SSSR count). The zero-order chi connectivity index (χ0) is 12.9. The molecule has 0 bridgehead atoms. The summed E-state index contributed by atoms with van der Waals surface area (Å²) in [5.74, 6) is 0. The first kappa shape index (κ1) is 13.5. The monoisotopic (exact) mass is 256 g/mol. The van der Waals surface area contributed by atoms with E-state index in [4.69, 9.17) is 4.84 Å². The minimum absolute atomic E-state index is 0.519. The SMILES string of the molecule is CCO/N=C(\C)c1ccc(NS(C)(=O)=O)cc1. The van der Waals surface area contributed by atoms with Crippen LogP contribution < -0.4 is 4.72 Å². The Kier molecular flexibility index (Phi) is 4.51. The lowest BCUT2D eigenvalue weighted by Crippen LogP contribution is -2.09. The maximum absolute atomic E-state index is 11.0. The summed E-state index contributed by atoms with van der Waals surface area (Å²) in [6, 6.07) is 6.93.